The number of aliphatic carboxylic acids is 1. The number of hydrogen-bond acceptors (Lipinski definition) is 1. The van der Waals surface area contributed by atoms with Gasteiger partial charge >= 0.3 is 5.97 Å². The molecule has 0 rings (SSSR count). The number of carboxylic acids is 1. The third-order valence-electron chi connectivity index (χ3n) is 3.21. The normalized spacial score (nSPS) is 13.6. The van der Waals surface area contributed by atoms with Crippen molar-refractivity contribution in [3.05, 3.63) is 58.7 Å². The zero-order valence-electron chi connectivity index (χ0n) is 14.6. The van der Waals surface area contributed by atoms with Gasteiger partial charge in [0.25, 0.3) is 0 Å². The molecule has 0 radical (unpaired) electrons. The van der Waals surface area contributed by atoms with E-state index in [-0.39, 0.29) is 0 Å². The molecule has 122 valence electrons. The minimum atomic E-state index is -0.906. The van der Waals surface area contributed by atoms with Crippen molar-refractivity contribution < 1.29 is 9.90 Å². The van der Waals surface area contributed by atoms with E-state index in [1.807, 2.05) is 18.2 Å². The molecule has 0 saturated carbocycles. The van der Waals surface area contributed by atoms with Gasteiger partial charge in [0, 0.05) is 6.08 Å². The first-order valence-electron chi connectivity index (χ1n) is 7.85. The van der Waals surface area contributed by atoms with Crippen molar-refractivity contribution in [2.24, 2.45) is 0 Å². The highest BCUT2D eigenvalue weighted by Crippen LogP contribution is 2.11. The summed E-state index contributed by atoms with van der Waals surface area (Å²) in [5, 5.41) is 8.62. The van der Waals surface area contributed by atoms with Crippen LogP contribution < -0.4 is 0 Å². The molecule has 0 aromatic carbocycles. The molecule has 0 spiro atoms. The van der Waals surface area contributed by atoms with Crippen LogP contribution in [0.15, 0.2) is 58.7 Å². The maximum atomic E-state index is 10.5. The van der Waals surface area contributed by atoms with Crippen LogP contribution in [0.1, 0.15) is 60.3 Å². The van der Waals surface area contributed by atoms with Gasteiger partial charge in [-0.15, -0.1) is 0 Å². The fourth-order valence-corrected chi connectivity index (χ4v) is 1.93. The van der Waals surface area contributed by atoms with Crippen LogP contribution in [0.5, 0.6) is 0 Å². The third-order valence-corrected chi connectivity index (χ3v) is 3.21. The lowest BCUT2D eigenvalue weighted by Crippen LogP contribution is -1.87. The summed E-state index contributed by atoms with van der Waals surface area (Å²) in [6, 6.07) is 0. The number of allylic oxidation sites excluding steroid dienone is 9. The van der Waals surface area contributed by atoms with Gasteiger partial charge in [-0.3, -0.25) is 0 Å². The maximum Gasteiger partial charge on any atom is 0.328 e. The Morgan fingerprint density at radius 3 is 2.09 bits per heavy atom. The summed E-state index contributed by atoms with van der Waals surface area (Å²) < 4.78 is 0. The van der Waals surface area contributed by atoms with E-state index < -0.39 is 5.97 Å². The fraction of sp³-hybridized carbons (Fsp3) is 0.450. The summed E-state index contributed by atoms with van der Waals surface area (Å²) in [5.41, 5.74) is 4.87. The Morgan fingerprint density at radius 2 is 1.50 bits per heavy atom. The van der Waals surface area contributed by atoms with Gasteiger partial charge in [-0.2, -0.15) is 0 Å². The molecule has 0 saturated heterocycles. The summed E-state index contributed by atoms with van der Waals surface area (Å²) in [4.78, 5) is 10.5. The van der Waals surface area contributed by atoms with Crippen LogP contribution in [0.3, 0.4) is 0 Å². The molecule has 0 atom stereocenters. The average molecular weight is 302 g/mol. The summed E-state index contributed by atoms with van der Waals surface area (Å²) in [6.07, 6.45) is 15.9. The van der Waals surface area contributed by atoms with Gasteiger partial charge < -0.3 is 5.11 Å². The van der Waals surface area contributed by atoms with Crippen LogP contribution >= 0.6 is 0 Å². The Hall–Kier alpha value is -1.83. The topological polar surface area (TPSA) is 37.3 Å². The Balaban J connectivity index is 4.19. The second kappa shape index (κ2) is 11.8. The lowest BCUT2D eigenvalue weighted by molar-refractivity contribution is -0.131. The number of hydrogen-bond donors (Lipinski definition) is 1. The summed E-state index contributed by atoms with van der Waals surface area (Å²) in [7, 11) is 0. The van der Waals surface area contributed by atoms with E-state index in [1.54, 1.807) is 6.92 Å². The van der Waals surface area contributed by atoms with E-state index in [0.717, 1.165) is 31.3 Å². The molecular weight excluding hydrogens is 272 g/mol. The molecular formula is C20H30O2. The zero-order valence-corrected chi connectivity index (χ0v) is 14.6. The maximum absolute atomic E-state index is 10.5. The Kier molecular flexibility index (Phi) is 10.8. The number of carboxylic acid groups (broad SMARTS) is 1. The molecule has 0 heterocycles. The highest BCUT2D eigenvalue weighted by Gasteiger charge is 1.92. The monoisotopic (exact) mass is 302 g/mol. The largest absolute Gasteiger partial charge is 0.478 e. The van der Waals surface area contributed by atoms with Gasteiger partial charge in [0.15, 0.2) is 0 Å². The first kappa shape index (κ1) is 20.2. The molecule has 2 heteroatoms. The molecule has 1 N–H and O–H groups in total. The van der Waals surface area contributed by atoms with E-state index in [2.05, 4.69) is 39.8 Å². The Labute approximate surface area is 135 Å². The Morgan fingerprint density at radius 1 is 0.909 bits per heavy atom. The van der Waals surface area contributed by atoms with Gasteiger partial charge in [-0.1, -0.05) is 47.1 Å². The van der Waals surface area contributed by atoms with E-state index in [4.69, 9.17) is 5.11 Å². The molecule has 0 aliphatic heterocycles. The van der Waals surface area contributed by atoms with Crippen molar-refractivity contribution in [1.82, 2.24) is 0 Å². The molecule has 0 bridgehead atoms. The molecule has 0 aliphatic carbocycles. The van der Waals surface area contributed by atoms with Crippen molar-refractivity contribution >= 4 is 5.97 Å². The van der Waals surface area contributed by atoms with Crippen LogP contribution in [0.4, 0.5) is 0 Å². The van der Waals surface area contributed by atoms with Crippen molar-refractivity contribution in [2.45, 2.75) is 60.3 Å². The summed E-state index contributed by atoms with van der Waals surface area (Å²) in [5.74, 6) is -0.906. The lowest BCUT2D eigenvalue weighted by Gasteiger charge is -2.00. The van der Waals surface area contributed by atoms with Gasteiger partial charge in [0.2, 0.25) is 0 Å². The number of rotatable bonds is 9. The predicted octanol–water partition coefficient (Wildman–Crippen LogP) is 5.99. The first-order valence-corrected chi connectivity index (χ1v) is 7.85. The second-order valence-corrected chi connectivity index (χ2v) is 6.01. The van der Waals surface area contributed by atoms with Gasteiger partial charge in [-0.05, 0) is 65.9 Å². The fourth-order valence-electron chi connectivity index (χ4n) is 1.93. The van der Waals surface area contributed by atoms with Crippen LogP contribution in [0.2, 0.25) is 0 Å². The third kappa shape index (κ3) is 13.2. The van der Waals surface area contributed by atoms with Crippen LogP contribution in [0.25, 0.3) is 0 Å². The molecule has 22 heavy (non-hydrogen) atoms. The molecule has 0 aromatic heterocycles. The van der Waals surface area contributed by atoms with E-state index >= 15 is 0 Å². The molecule has 0 aromatic rings. The Bertz CT molecular complexity index is 496. The molecule has 0 amide bonds. The van der Waals surface area contributed by atoms with Crippen molar-refractivity contribution in [3.63, 3.8) is 0 Å². The predicted molar refractivity (Wildman–Crippen MR) is 95.9 cm³/mol. The van der Waals surface area contributed by atoms with Crippen molar-refractivity contribution in [3.8, 4) is 0 Å². The standard InChI is InChI=1S/C20H30O2/c1-16(2)9-6-10-17(3)11-7-12-18(4)13-8-14-19(5)15-20(21)22/h8-9,11,13-15H,6-7,10,12H2,1-5H3,(H,21,22). The van der Waals surface area contributed by atoms with E-state index in [1.165, 1.54) is 22.8 Å². The molecule has 2 nitrogen and oxygen atoms in total. The minimum absolute atomic E-state index is 0.742. The van der Waals surface area contributed by atoms with Crippen molar-refractivity contribution in [1.29, 1.82) is 0 Å². The van der Waals surface area contributed by atoms with Gasteiger partial charge in [0.05, 0.1) is 0 Å². The summed E-state index contributed by atoms with van der Waals surface area (Å²) in [6.45, 7) is 10.3. The number of carbonyl (C=O) groups is 1. The van der Waals surface area contributed by atoms with Crippen LogP contribution in [-0.4, -0.2) is 11.1 Å². The molecule has 0 aliphatic rings. The van der Waals surface area contributed by atoms with E-state index in [0.29, 0.717) is 0 Å². The van der Waals surface area contributed by atoms with Crippen molar-refractivity contribution in [2.75, 3.05) is 0 Å². The molecule has 0 unspecified atom stereocenters. The second-order valence-electron chi connectivity index (χ2n) is 6.01. The quantitative estimate of drug-likeness (QED) is 0.322. The SMILES string of the molecule is CC(C)=CCCC(C)=CCCC(C)=CC=CC(C)=CC(=O)O. The highest BCUT2D eigenvalue weighted by molar-refractivity contribution is 5.81. The minimum Gasteiger partial charge on any atom is -0.478 e. The van der Waals surface area contributed by atoms with E-state index in [9.17, 15) is 4.79 Å². The van der Waals surface area contributed by atoms with Gasteiger partial charge in [-0.25, -0.2) is 4.79 Å². The smallest absolute Gasteiger partial charge is 0.328 e. The first-order chi connectivity index (χ1) is 10.3. The van der Waals surface area contributed by atoms with Crippen LogP contribution in [-0.2, 0) is 4.79 Å². The average Bonchev–Trinajstić information content (AvgIpc) is 2.37. The highest BCUT2D eigenvalue weighted by atomic mass is 16.4. The van der Waals surface area contributed by atoms with Gasteiger partial charge in [0.1, 0.15) is 0 Å². The zero-order chi connectivity index (χ0) is 17.0. The lowest BCUT2D eigenvalue weighted by atomic mass is 10.1. The molecule has 0 fully saturated rings. The summed E-state index contributed by atoms with van der Waals surface area (Å²) >= 11 is 0. The van der Waals surface area contributed by atoms with Crippen LogP contribution in [0, 0.1) is 0 Å².